The summed E-state index contributed by atoms with van der Waals surface area (Å²) in [5.74, 6) is -2.47. The number of carbonyl (C=O) groups is 2. The summed E-state index contributed by atoms with van der Waals surface area (Å²) < 4.78 is 45.0. The highest BCUT2D eigenvalue weighted by atomic mass is 19.4. The van der Waals surface area contributed by atoms with Crippen LogP contribution in [-0.2, 0) is 22.5 Å². The normalized spacial score (nSPS) is 16.5. The first kappa shape index (κ1) is 24.7. The Bertz CT molecular complexity index is 937. The third-order valence-electron chi connectivity index (χ3n) is 5.63. The lowest BCUT2D eigenvalue weighted by Gasteiger charge is -2.29. The van der Waals surface area contributed by atoms with E-state index >= 15 is 0 Å². The maximum Gasteiger partial charge on any atom is 0.471 e. The molecular formula is C24H28F3N3O3. The van der Waals surface area contributed by atoms with Gasteiger partial charge in [-0.3, -0.25) is 9.78 Å². The monoisotopic (exact) mass is 463 g/mol. The molecule has 1 unspecified atom stereocenters. The van der Waals surface area contributed by atoms with E-state index in [1.165, 1.54) is 23.9 Å². The molecule has 1 atom stereocenters. The summed E-state index contributed by atoms with van der Waals surface area (Å²) in [5, 5.41) is 0. The van der Waals surface area contributed by atoms with Gasteiger partial charge in [-0.15, -0.1) is 0 Å². The smallest absolute Gasteiger partial charge is 0.462 e. The minimum absolute atomic E-state index is 0.178. The number of esters is 1. The summed E-state index contributed by atoms with van der Waals surface area (Å²) >= 11 is 0. The van der Waals surface area contributed by atoms with Gasteiger partial charge in [-0.05, 0) is 50.4 Å². The van der Waals surface area contributed by atoms with Crippen molar-refractivity contribution in [2.75, 3.05) is 26.2 Å². The number of halogens is 3. The molecular weight excluding hydrogens is 435 g/mol. The number of alkyl halides is 3. The molecule has 2 heterocycles. The molecule has 0 spiro atoms. The Kier molecular flexibility index (Phi) is 8.43. The van der Waals surface area contributed by atoms with Crippen molar-refractivity contribution < 1.29 is 27.5 Å². The number of aryl methyl sites for hydroxylation is 1. The largest absolute Gasteiger partial charge is 0.471 e. The number of carbonyl (C=O) groups excluding carboxylic acids is 2. The molecule has 6 nitrogen and oxygen atoms in total. The highest BCUT2D eigenvalue weighted by Gasteiger charge is 2.45. The van der Waals surface area contributed by atoms with Crippen LogP contribution in [0.5, 0.6) is 0 Å². The first-order valence-corrected chi connectivity index (χ1v) is 11.0. The quantitative estimate of drug-likeness (QED) is 0.529. The Hall–Kier alpha value is -2.94. The fourth-order valence-corrected chi connectivity index (χ4v) is 4.03. The van der Waals surface area contributed by atoms with E-state index < -0.39 is 24.1 Å². The average molecular weight is 464 g/mol. The summed E-state index contributed by atoms with van der Waals surface area (Å²) in [4.78, 5) is 31.2. The van der Waals surface area contributed by atoms with Gasteiger partial charge >= 0.3 is 18.1 Å². The number of pyridine rings is 1. The third-order valence-corrected chi connectivity index (χ3v) is 5.63. The van der Waals surface area contributed by atoms with Crippen LogP contribution < -0.4 is 0 Å². The summed E-state index contributed by atoms with van der Waals surface area (Å²) in [6.07, 6.45) is -1.43. The van der Waals surface area contributed by atoms with Crippen LogP contribution in [0.2, 0.25) is 0 Å². The van der Waals surface area contributed by atoms with E-state index in [1.807, 2.05) is 30.3 Å². The standard InChI is InChI=1S/C24H28F3N3O3/c1-2-33-22(31)19-10-12-28-20(15-19)16-30(23(32)24(25,26)27)21-11-14-29(17-21)13-6-9-18-7-4-3-5-8-18/h3-5,7-8,10,12,15,21H,2,6,9,11,13-14,16-17H2,1H3. The topological polar surface area (TPSA) is 62.7 Å². The van der Waals surface area contributed by atoms with Crippen molar-refractivity contribution in [3.63, 3.8) is 0 Å². The predicted octanol–water partition coefficient (Wildman–Crippen LogP) is 3.86. The number of hydrogen-bond acceptors (Lipinski definition) is 5. The number of aromatic nitrogens is 1. The molecule has 1 amide bonds. The van der Waals surface area contributed by atoms with Crippen LogP contribution in [-0.4, -0.2) is 65.1 Å². The molecule has 2 aromatic rings. The van der Waals surface area contributed by atoms with Crippen molar-refractivity contribution in [1.29, 1.82) is 0 Å². The molecule has 0 bridgehead atoms. The van der Waals surface area contributed by atoms with E-state index in [-0.39, 0.29) is 24.4 Å². The Balaban J connectivity index is 1.66. The molecule has 1 aliphatic heterocycles. The Morgan fingerprint density at radius 3 is 2.67 bits per heavy atom. The van der Waals surface area contributed by atoms with Gasteiger partial charge in [-0.1, -0.05) is 30.3 Å². The lowest BCUT2D eigenvalue weighted by molar-refractivity contribution is -0.188. The number of ether oxygens (including phenoxy) is 1. The number of rotatable bonds is 9. The molecule has 33 heavy (non-hydrogen) atoms. The second-order valence-corrected chi connectivity index (χ2v) is 8.02. The molecule has 1 saturated heterocycles. The summed E-state index contributed by atoms with van der Waals surface area (Å²) in [6.45, 7) is 3.25. The van der Waals surface area contributed by atoms with Crippen LogP contribution in [0.1, 0.15) is 41.4 Å². The first-order chi connectivity index (χ1) is 15.8. The molecule has 0 aliphatic carbocycles. The molecule has 0 saturated carbocycles. The number of amides is 1. The van der Waals surface area contributed by atoms with Gasteiger partial charge < -0.3 is 14.5 Å². The molecule has 178 valence electrons. The second kappa shape index (κ2) is 11.3. The molecule has 0 N–H and O–H groups in total. The molecule has 9 heteroatoms. The van der Waals surface area contributed by atoms with Gasteiger partial charge in [0.25, 0.3) is 0 Å². The van der Waals surface area contributed by atoms with Crippen LogP contribution in [0.3, 0.4) is 0 Å². The van der Waals surface area contributed by atoms with Crippen molar-refractivity contribution >= 4 is 11.9 Å². The van der Waals surface area contributed by atoms with Crippen LogP contribution in [0.25, 0.3) is 0 Å². The van der Waals surface area contributed by atoms with Gasteiger partial charge in [0.15, 0.2) is 0 Å². The van der Waals surface area contributed by atoms with E-state index in [0.29, 0.717) is 19.5 Å². The van der Waals surface area contributed by atoms with Gasteiger partial charge in [0.1, 0.15) is 0 Å². The van der Waals surface area contributed by atoms with Gasteiger partial charge in [0.05, 0.1) is 24.4 Å². The maximum atomic E-state index is 13.4. The highest BCUT2D eigenvalue weighted by molar-refractivity contribution is 5.89. The predicted molar refractivity (Wildman–Crippen MR) is 116 cm³/mol. The number of benzene rings is 1. The summed E-state index contributed by atoms with van der Waals surface area (Å²) in [5.41, 5.74) is 1.62. The van der Waals surface area contributed by atoms with Gasteiger partial charge in [0, 0.05) is 25.3 Å². The van der Waals surface area contributed by atoms with Gasteiger partial charge in [-0.25, -0.2) is 4.79 Å². The maximum absolute atomic E-state index is 13.4. The summed E-state index contributed by atoms with van der Waals surface area (Å²) in [6, 6.07) is 12.2. The molecule has 1 aliphatic rings. The Morgan fingerprint density at radius 1 is 1.21 bits per heavy atom. The zero-order chi connectivity index (χ0) is 23.8. The minimum Gasteiger partial charge on any atom is -0.462 e. The number of nitrogens with zero attached hydrogens (tertiary/aromatic N) is 3. The van der Waals surface area contributed by atoms with Crippen molar-refractivity contribution in [2.45, 2.75) is 44.9 Å². The van der Waals surface area contributed by atoms with Gasteiger partial charge in [-0.2, -0.15) is 13.2 Å². The summed E-state index contributed by atoms with van der Waals surface area (Å²) in [7, 11) is 0. The average Bonchev–Trinajstić information content (AvgIpc) is 3.26. The van der Waals surface area contributed by atoms with Crippen molar-refractivity contribution in [3.8, 4) is 0 Å². The SMILES string of the molecule is CCOC(=O)c1ccnc(CN(C(=O)C(F)(F)F)C2CCN(CCCc3ccccc3)C2)c1. The zero-order valence-corrected chi connectivity index (χ0v) is 18.6. The molecule has 3 rings (SSSR count). The lowest BCUT2D eigenvalue weighted by atomic mass is 10.1. The number of likely N-dealkylation sites (tertiary alicyclic amines) is 1. The van der Waals surface area contributed by atoms with Gasteiger partial charge in [0.2, 0.25) is 0 Å². The molecule has 1 fully saturated rings. The van der Waals surface area contributed by atoms with E-state index in [0.717, 1.165) is 24.3 Å². The van der Waals surface area contributed by atoms with Crippen LogP contribution in [0.15, 0.2) is 48.7 Å². The van der Waals surface area contributed by atoms with Crippen LogP contribution in [0.4, 0.5) is 13.2 Å². The van der Waals surface area contributed by atoms with Crippen LogP contribution >= 0.6 is 0 Å². The lowest BCUT2D eigenvalue weighted by Crippen LogP contribution is -2.47. The molecule has 0 radical (unpaired) electrons. The van der Waals surface area contributed by atoms with Crippen molar-refractivity contribution in [3.05, 3.63) is 65.5 Å². The minimum atomic E-state index is -4.99. The zero-order valence-electron chi connectivity index (χ0n) is 18.6. The second-order valence-electron chi connectivity index (χ2n) is 8.02. The third kappa shape index (κ3) is 7.02. The highest BCUT2D eigenvalue weighted by Crippen LogP contribution is 2.26. The Morgan fingerprint density at radius 2 is 1.97 bits per heavy atom. The Labute approximate surface area is 191 Å². The van der Waals surface area contributed by atoms with Crippen molar-refractivity contribution in [1.82, 2.24) is 14.8 Å². The van der Waals surface area contributed by atoms with E-state index in [1.54, 1.807) is 6.92 Å². The number of hydrogen-bond donors (Lipinski definition) is 0. The molecule has 1 aromatic heterocycles. The van der Waals surface area contributed by atoms with E-state index in [9.17, 15) is 22.8 Å². The fraction of sp³-hybridized carbons (Fsp3) is 0.458. The first-order valence-electron chi connectivity index (χ1n) is 11.0. The van der Waals surface area contributed by atoms with Crippen molar-refractivity contribution in [2.24, 2.45) is 0 Å². The van der Waals surface area contributed by atoms with Crippen LogP contribution in [0, 0.1) is 0 Å². The molecule has 1 aromatic carbocycles. The fourth-order valence-electron chi connectivity index (χ4n) is 4.03. The van der Waals surface area contributed by atoms with E-state index in [4.69, 9.17) is 4.74 Å². The van der Waals surface area contributed by atoms with E-state index in [2.05, 4.69) is 9.88 Å².